The molecule has 11 heteroatoms. The Kier molecular flexibility index (Phi) is 6.08. The molecule has 3 aromatic rings. The lowest BCUT2D eigenvalue weighted by atomic mass is 9.99. The number of nitrogens with zero attached hydrogens (tertiary/aromatic N) is 4. The topological polar surface area (TPSA) is 106 Å². The van der Waals surface area contributed by atoms with Gasteiger partial charge < -0.3 is 5.32 Å². The van der Waals surface area contributed by atoms with Crippen LogP contribution in [0.4, 0.5) is 5.69 Å². The Morgan fingerprint density at radius 3 is 2.68 bits per heavy atom. The fourth-order valence-electron chi connectivity index (χ4n) is 3.71. The number of amides is 1. The summed E-state index contributed by atoms with van der Waals surface area (Å²) < 4.78 is 28.2. The Hall–Kier alpha value is -2.76. The van der Waals surface area contributed by atoms with E-state index in [1.165, 1.54) is 26.5 Å². The molecule has 1 atom stereocenters. The third-order valence-electron chi connectivity index (χ3n) is 5.16. The van der Waals surface area contributed by atoms with Crippen molar-refractivity contribution < 1.29 is 13.2 Å². The number of carbonyl (C=O) groups is 1. The number of hydrogen-bond donors (Lipinski definition) is 1. The first-order valence-electron chi connectivity index (χ1n) is 9.86. The molecular weight excluding hydrogens is 438 g/mol. The van der Waals surface area contributed by atoms with Gasteiger partial charge in [-0.25, -0.2) is 26.8 Å². The first-order valence-corrected chi connectivity index (χ1v) is 12.6. The van der Waals surface area contributed by atoms with Crippen LogP contribution in [0.2, 0.25) is 0 Å². The highest BCUT2D eigenvalue weighted by molar-refractivity contribution is 7.88. The van der Waals surface area contributed by atoms with Crippen LogP contribution in [0, 0.1) is 0 Å². The summed E-state index contributed by atoms with van der Waals surface area (Å²) in [5.41, 5.74) is 0.215. The molecule has 1 aliphatic rings. The first-order chi connectivity index (χ1) is 14.8. The molecule has 0 aliphatic carbocycles. The minimum Gasteiger partial charge on any atom is -0.324 e. The minimum absolute atomic E-state index is 0.235. The van der Waals surface area contributed by atoms with E-state index in [1.54, 1.807) is 12.1 Å². The average molecular weight is 462 g/mol. The number of nitrogens with one attached hydrogen (secondary N) is 1. The van der Waals surface area contributed by atoms with Crippen molar-refractivity contribution in [2.24, 2.45) is 0 Å². The Balaban J connectivity index is 1.65. The van der Waals surface area contributed by atoms with E-state index >= 15 is 0 Å². The van der Waals surface area contributed by atoms with Crippen molar-refractivity contribution >= 4 is 33.0 Å². The van der Waals surface area contributed by atoms with Crippen LogP contribution >= 0.6 is 11.3 Å². The summed E-state index contributed by atoms with van der Waals surface area (Å²) in [6, 6.07) is 12.6. The van der Waals surface area contributed by atoms with Crippen LogP contribution in [-0.2, 0) is 21.4 Å². The largest absolute Gasteiger partial charge is 0.351 e. The van der Waals surface area contributed by atoms with Gasteiger partial charge in [0, 0.05) is 24.7 Å². The van der Waals surface area contributed by atoms with Gasteiger partial charge in [0.1, 0.15) is 17.4 Å². The summed E-state index contributed by atoms with van der Waals surface area (Å²) in [5.74, 6) is -0.123. The number of sulfonamides is 1. The van der Waals surface area contributed by atoms with E-state index in [-0.39, 0.29) is 24.9 Å². The van der Waals surface area contributed by atoms with E-state index in [9.17, 15) is 18.0 Å². The zero-order valence-corrected chi connectivity index (χ0v) is 18.6. The summed E-state index contributed by atoms with van der Waals surface area (Å²) in [6.07, 6.45) is 2.58. The molecule has 1 unspecified atom stereocenters. The van der Waals surface area contributed by atoms with Gasteiger partial charge in [-0.1, -0.05) is 18.2 Å². The summed E-state index contributed by atoms with van der Waals surface area (Å²) in [4.78, 5) is 25.7. The van der Waals surface area contributed by atoms with E-state index in [4.69, 9.17) is 0 Å². The Morgan fingerprint density at radius 1 is 1.23 bits per heavy atom. The molecule has 164 valence electrons. The van der Waals surface area contributed by atoms with Gasteiger partial charge in [-0.15, -0.1) is 11.3 Å². The second kappa shape index (κ2) is 8.77. The van der Waals surface area contributed by atoms with Gasteiger partial charge in [0.05, 0.1) is 6.26 Å². The van der Waals surface area contributed by atoms with Gasteiger partial charge >= 0.3 is 5.69 Å². The van der Waals surface area contributed by atoms with Crippen molar-refractivity contribution in [2.75, 3.05) is 24.7 Å². The Bertz CT molecular complexity index is 1220. The number of benzene rings is 1. The number of rotatable bonds is 6. The molecule has 1 aliphatic heterocycles. The van der Waals surface area contributed by atoms with Gasteiger partial charge in [-0.3, -0.25) is 4.79 Å². The highest BCUT2D eigenvalue weighted by Gasteiger charge is 2.32. The first kappa shape index (κ1) is 21.5. The quantitative estimate of drug-likeness (QED) is 0.603. The van der Waals surface area contributed by atoms with Crippen LogP contribution in [0.5, 0.6) is 0 Å². The predicted molar refractivity (Wildman–Crippen MR) is 119 cm³/mol. The van der Waals surface area contributed by atoms with Crippen LogP contribution in [0.15, 0.2) is 52.6 Å². The maximum atomic E-state index is 13.2. The normalized spacial score (nSPS) is 17.5. The molecule has 9 nitrogen and oxygen atoms in total. The zero-order chi connectivity index (χ0) is 22.0. The van der Waals surface area contributed by atoms with Crippen molar-refractivity contribution in [2.45, 2.75) is 25.3 Å². The second-order valence-corrected chi connectivity index (χ2v) is 10.4. The molecule has 4 rings (SSSR count). The fourth-order valence-corrected chi connectivity index (χ4v) is 5.35. The zero-order valence-electron chi connectivity index (χ0n) is 17.0. The fraction of sp³-hybridized carbons (Fsp3) is 0.350. The number of aromatic nitrogens is 3. The number of thiophene rings is 1. The molecule has 1 saturated heterocycles. The molecule has 0 spiro atoms. The third-order valence-corrected chi connectivity index (χ3v) is 7.28. The van der Waals surface area contributed by atoms with Crippen molar-refractivity contribution in [1.29, 1.82) is 0 Å². The highest BCUT2D eigenvalue weighted by Crippen LogP contribution is 2.28. The summed E-state index contributed by atoms with van der Waals surface area (Å²) >= 11 is 1.39. The van der Waals surface area contributed by atoms with Crippen LogP contribution in [-0.4, -0.2) is 52.3 Å². The van der Waals surface area contributed by atoms with Crippen molar-refractivity contribution in [3.63, 3.8) is 0 Å². The lowest BCUT2D eigenvalue weighted by Gasteiger charge is -2.30. The third kappa shape index (κ3) is 4.78. The molecule has 0 bridgehead atoms. The smallest absolute Gasteiger partial charge is 0.324 e. The van der Waals surface area contributed by atoms with E-state index in [2.05, 4.69) is 10.4 Å². The number of para-hydroxylation sites is 1. The maximum absolute atomic E-state index is 13.2. The van der Waals surface area contributed by atoms with E-state index < -0.39 is 15.7 Å². The predicted octanol–water partition coefficient (Wildman–Crippen LogP) is 1.87. The number of hydrogen-bond acceptors (Lipinski definition) is 6. The molecule has 2 aromatic heterocycles. The average Bonchev–Trinajstić information content (AvgIpc) is 3.37. The minimum atomic E-state index is -3.34. The molecular formula is C20H23N5O4S2. The van der Waals surface area contributed by atoms with Gasteiger partial charge in [0.15, 0.2) is 0 Å². The van der Waals surface area contributed by atoms with Crippen LogP contribution in [0.25, 0.3) is 5.00 Å². The van der Waals surface area contributed by atoms with E-state index in [0.717, 1.165) is 4.68 Å². The van der Waals surface area contributed by atoms with Crippen molar-refractivity contribution in [1.82, 2.24) is 18.7 Å². The van der Waals surface area contributed by atoms with Crippen LogP contribution in [0.1, 0.15) is 24.6 Å². The van der Waals surface area contributed by atoms with E-state index in [0.29, 0.717) is 35.9 Å². The standard InChI is InChI=1S/C20H23N5O4S2/c1-31(28,29)23-11-5-7-15(13-23)19-22-24(20(27)25(19)18-10-6-12-30-18)14-17(26)21-16-8-3-2-4-9-16/h2-4,6,8-10,12,15H,5,7,11,13-14H2,1H3,(H,21,26). The molecule has 1 aromatic carbocycles. The number of piperidine rings is 1. The summed E-state index contributed by atoms with van der Waals surface area (Å²) in [6.45, 7) is 0.483. The maximum Gasteiger partial charge on any atom is 0.351 e. The van der Waals surface area contributed by atoms with Crippen molar-refractivity contribution in [3.8, 4) is 5.00 Å². The Labute approximate surface area is 184 Å². The molecule has 0 saturated carbocycles. The lowest BCUT2D eigenvalue weighted by Crippen LogP contribution is -2.39. The summed E-state index contributed by atoms with van der Waals surface area (Å²) in [5, 5.41) is 9.78. The Morgan fingerprint density at radius 2 is 2.00 bits per heavy atom. The molecule has 1 fully saturated rings. The molecule has 3 heterocycles. The van der Waals surface area contributed by atoms with Gasteiger partial charge in [0.25, 0.3) is 0 Å². The van der Waals surface area contributed by atoms with Crippen LogP contribution in [0.3, 0.4) is 0 Å². The molecule has 31 heavy (non-hydrogen) atoms. The highest BCUT2D eigenvalue weighted by atomic mass is 32.2. The monoisotopic (exact) mass is 461 g/mol. The van der Waals surface area contributed by atoms with Gasteiger partial charge in [-0.2, -0.15) is 5.10 Å². The number of anilines is 1. The molecule has 1 amide bonds. The second-order valence-electron chi connectivity index (χ2n) is 7.46. The molecule has 1 N–H and O–H groups in total. The van der Waals surface area contributed by atoms with E-state index in [1.807, 2.05) is 35.7 Å². The van der Waals surface area contributed by atoms with Gasteiger partial charge in [0.2, 0.25) is 15.9 Å². The lowest BCUT2D eigenvalue weighted by molar-refractivity contribution is -0.117. The summed E-state index contributed by atoms with van der Waals surface area (Å²) in [7, 11) is -3.34. The number of carbonyl (C=O) groups excluding carboxylic acids is 1. The molecule has 0 radical (unpaired) electrons. The van der Waals surface area contributed by atoms with Gasteiger partial charge in [-0.05, 0) is 42.5 Å². The van der Waals surface area contributed by atoms with Crippen molar-refractivity contribution in [3.05, 3.63) is 64.2 Å². The SMILES string of the molecule is CS(=O)(=O)N1CCCC(c2nn(CC(=O)Nc3ccccc3)c(=O)n2-c2cccs2)C1. The van der Waals surface area contributed by atoms with Crippen LogP contribution < -0.4 is 11.0 Å².